The number of amides is 1. The average Bonchev–Trinajstić information content (AvgIpc) is 2.52. The van der Waals surface area contributed by atoms with Crippen molar-refractivity contribution in [1.82, 2.24) is 5.32 Å². The van der Waals surface area contributed by atoms with Gasteiger partial charge in [0, 0.05) is 17.9 Å². The van der Waals surface area contributed by atoms with E-state index in [2.05, 4.69) is 5.32 Å². The van der Waals surface area contributed by atoms with Crippen molar-refractivity contribution in [2.24, 2.45) is 11.8 Å². The number of hydrogen-bond donors (Lipinski definition) is 1. The van der Waals surface area contributed by atoms with Crippen LogP contribution in [0.4, 0.5) is 0 Å². The second-order valence-corrected chi connectivity index (χ2v) is 3.01. The van der Waals surface area contributed by atoms with Gasteiger partial charge in [0.05, 0.1) is 13.2 Å². The molecule has 2 fully saturated rings. The van der Waals surface area contributed by atoms with E-state index in [1.165, 1.54) is 0 Å². The summed E-state index contributed by atoms with van der Waals surface area (Å²) in [6, 6.07) is 0.298. The van der Waals surface area contributed by atoms with Crippen molar-refractivity contribution >= 4 is 5.91 Å². The molecule has 58 valence electrons. The minimum Gasteiger partial charge on any atom is -0.381 e. The van der Waals surface area contributed by atoms with Crippen LogP contribution in [0, 0.1) is 24.2 Å². The molecule has 2 aliphatic rings. The molecular weight excluding hydrogens is 142 g/mol. The lowest BCUT2D eigenvalue weighted by Gasteiger charge is -2.02. The fourth-order valence-electron chi connectivity index (χ4n) is 1.65. The van der Waals surface area contributed by atoms with Gasteiger partial charge in [-0.3, -0.25) is 4.79 Å². The maximum absolute atomic E-state index is 10.7. The molecule has 0 bridgehead atoms. The molecule has 0 aromatic heterocycles. The van der Waals surface area contributed by atoms with Crippen LogP contribution in [0.1, 0.15) is 0 Å². The zero-order valence-electron chi connectivity index (χ0n) is 6.04. The van der Waals surface area contributed by atoms with E-state index in [1.807, 2.05) is 5.92 Å². The number of hydrogen-bond acceptors (Lipinski definition) is 2. The topological polar surface area (TPSA) is 38.3 Å². The predicted molar refractivity (Wildman–Crippen MR) is 38.6 cm³/mol. The van der Waals surface area contributed by atoms with Gasteiger partial charge in [-0.05, 0) is 5.92 Å². The van der Waals surface area contributed by atoms with Crippen LogP contribution in [-0.4, -0.2) is 25.2 Å². The first kappa shape index (κ1) is 6.68. The first-order chi connectivity index (χ1) is 5.33. The predicted octanol–water partition coefficient (Wildman–Crippen LogP) is -0.619. The van der Waals surface area contributed by atoms with Gasteiger partial charge >= 0.3 is 0 Å². The fraction of sp³-hybridized carbons (Fsp3) is 0.625. The summed E-state index contributed by atoms with van der Waals surface area (Å²) in [6.07, 6.45) is 4.91. The molecule has 11 heavy (non-hydrogen) atoms. The lowest BCUT2D eigenvalue weighted by Crippen LogP contribution is -2.28. The molecule has 3 nitrogen and oxygen atoms in total. The summed E-state index contributed by atoms with van der Waals surface area (Å²) in [6.45, 7) is 1.56. The highest BCUT2D eigenvalue weighted by Gasteiger charge is 2.54. The van der Waals surface area contributed by atoms with E-state index < -0.39 is 0 Å². The highest BCUT2D eigenvalue weighted by Crippen LogP contribution is 2.43. The Kier molecular flexibility index (Phi) is 1.36. The molecule has 3 heteroatoms. The molecule has 1 saturated carbocycles. The van der Waals surface area contributed by atoms with Crippen molar-refractivity contribution in [2.45, 2.75) is 6.04 Å². The van der Waals surface area contributed by atoms with Gasteiger partial charge in [-0.25, -0.2) is 0 Å². The van der Waals surface area contributed by atoms with E-state index in [4.69, 9.17) is 11.2 Å². The van der Waals surface area contributed by atoms with Crippen LogP contribution in [0.5, 0.6) is 0 Å². The monoisotopic (exact) mass is 151 g/mol. The highest BCUT2D eigenvalue weighted by atomic mass is 16.5. The minimum atomic E-state index is -0.301. The Labute approximate surface area is 65.1 Å². The number of fused-ring (bicyclic) bond motifs is 1. The third-order valence-corrected chi connectivity index (χ3v) is 2.38. The van der Waals surface area contributed by atoms with Crippen molar-refractivity contribution in [2.75, 3.05) is 13.2 Å². The molecule has 1 N–H and O–H groups in total. The van der Waals surface area contributed by atoms with Gasteiger partial charge < -0.3 is 10.1 Å². The van der Waals surface area contributed by atoms with Crippen LogP contribution in [0.3, 0.4) is 0 Å². The SMILES string of the molecule is C#CC(=O)NC1[C@H]2COC[C@@H]12. The Morgan fingerprint density at radius 3 is 2.73 bits per heavy atom. The summed E-state index contributed by atoms with van der Waals surface area (Å²) in [5, 5.41) is 2.75. The Morgan fingerprint density at radius 2 is 2.18 bits per heavy atom. The molecule has 1 saturated heterocycles. The zero-order valence-corrected chi connectivity index (χ0v) is 6.04. The molecule has 0 radical (unpaired) electrons. The van der Waals surface area contributed by atoms with E-state index >= 15 is 0 Å². The van der Waals surface area contributed by atoms with Crippen molar-refractivity contribution in [3.05, 3.63) is 0 Å². The first-order valence-electron chi connectivity index (χ1n) is 3.68. The van der Waals surface area contributed by atoms with Crippen LogP contribution in [0.2, 0.25) is 0 Å². The minimum absolute atomic E-state index is 0.298. The molecule has 1 unspecified atom stereocenters. The molecule has 1 aliphatic carbocycles. The summed E-state index contributed by atoms with van der Waals surface area (Å²) in [7, 11) is 0. The molecule has 1 heterocycles. The Bertz CT molecular complexity index is 221. The molecule has 3 atom stereocenters. The third kappa shape index (κ3) is 0.997. The number of terminal acetylenes is 1. The van der Waals surface area contributed by atoms with Gasteiger partial charge in [-0.15, -0.1) is 6.42 Å². The van der Waals surface area contributed by atoms with Gasteiger partial charge in [0.1, 0.15) is 0 Å². The van der Waals surface area contributed by atoms with E-state index in [9.17, 15) is 4.79 Å². The molecule has 0 aromatic carbocycles. The molecule has 0 spiro atoms. The van der Waals surface area contributed by atoms with Crippen LogP contribution >= 0.6 is 0 Å². The highest BCUT2D eigenvalue weighted by molar-refractivity contribution is 5.93. The third-order valence-electron chi connectivity index (χ3n) is 2.38. The second-order valence-electron chi connectivity index (χ2n) is 3.01. The summed E-state index contributed by atoms with van der Waals surface area (Å²) in [5.74, 6) is 2.80. The lowest BCUT2D eigenvalue weighted by atomic mass is 10.4. The molecular formula is C8H9NO2. The number of rotatable bonds is 1. The molecule has 1 amide bonds. The smallest absolute Gasteiger partial charge is 0.295 e. The summed E-state index contributed by atoms with van der Waals surface area (Å²) < 4.78 is 5.15. The molecule has 1 aliphatic heterocycles. The lowest BCUT2D eigenvalue weighted by molar-refractivity contribution is -0.116. The van der Waals surface area contributed by atoms with Gasteiger partial charge in [0.2, 0.25) is 0 Å². The van der Waals surface area contributed by atoms with E-state index in [1.54, 1.807) is 0 Å². The number of carbonyl (C=O) groups excluding carboxylic acids is 1. The Morgan fingerprint density at radius 1 is 1.55 bits per heavy atom. The maximum atomic E-state index is 10.7. The molecule has 0 aromatic rings. The number of carbonyl (C=O) groups is 1. The van der Waals surface area contributed by atoms with Gasteiger partial charge in [-0.2, -0.15) is 0 Å². The van der Waals surface area contributed by atoms with Crippen molar-refractivity contribution in [3.63, 3.8) is 0 Å². The van der Waals surface area contributed by atoms with Crippen LogP contribution in [0.15, 0.2) is 0 Å². The fourth-order valence-corrected chi connectivity index (χ4v) is 1.65. The summed E-state index contributed by atoms with van der Waals surface area (Å²) in [5.41, 5.74) is 0. The molecule has 2 rings (SSSR count). The van der Waals surface area contributed by atoms with Crippen LogP contribution < -0.4 is 5.32 Å². The Balaban J connectivity index is 1.84. The first-order valence-corrected chi connectivity index (χ1v) is 3.68. The Hall–Kier alpha value is -1.01. The zero-order chi connectivity index (χ0) is 7.84. The van der Waals surface area contributed by atoms with Gasteiger partial charge in [0.15, 0.2) is 0 Å². The average molecular weight is 151 g/mol. The quantitative estimate of drug-likeness (QED) is 0.507. The van der Waals surface area contributed by atoms with Gasteiger partial charge in [0.25, 0.3) is 5.91 Å². The van der Waals surface area contributed by atoms with Crippen LogP contribution in [-0.2, 0) is 9.53 Å². The maximum Gasteiger partial charge on any atom is 0.295 e. The van der Waals surface area contributed by atoms with E-state index in [-0.39, 0.29) is 5.91 Å². The summed E-state index contributed by atoms with van der Waals surface area (Å²) in [4.78, 5) is 10.7. The van der Waals surface area contributed by atoms with Crippen LogP contribution in [0.25, 0.3) is 0 Å². The van der Waals surface area contributed by atoms with E-state index in [0.717, 1.165) is 13.2 Å². The summed E-state index contributed by atoms with van der Waals surface area (Å²) >= 11 is 0. The standard InChI is InChI=1S/C8H9NO2/c1-2-7(10)9-8-5-3-11-4-6(5)8/h1,5-6,8H,3-4H2,(H,9,10)/t5-,6+,8?. The largest absolute Gasteiger partial charge is 0.381 e. The second kappa shape index (κ2) is 2.24. The van der Waals surface area contributed by atoms with Crippen molar-refractivity contribution in [3.8, 4) is 12.3 Å². The van der Waals surface area contributed by atoms with E-state index in [0.29, 0.717) is 17.9 Å². The normalized spacial score (nSPS) is 39.0. The van der Waals surface area contributed by atoms with Crippen molar-refractivity contribution < 1.29 is 9.53 Å². The number of ether oxygens (including phenoxy) is 1. The number of nitrogens with one attached hydrogen (secondary N) is 1. The van der Waals surface area contributed by atoms with Crippen molar-refractivity contribution in [1.29, 1.82) is 0 Å². The van der Waals surface area contributed by atoms with Gasteiger partial charge in [-0.1, -0.05) is 0 Å².